The molecule has 3 nitrogen and oxygen atoms in total. The van der Waals surface area contributed by atoms with Gasteiger partial charge >= 0.3 is 5.97 Å². The van der Waals surface area contributed by atoms with Crippen LogP contribution in [0.1, 0.15) is 11.1 Å². The predicted molar refractivity (Wildman–Crippen MR) is 78.9 cm³/mol. The van der Waals surface area contributed by atoms with Crippen molar-refractivity contribution in [2.75, 3.05) is 0 Å². The van der Waals surface area contributed by atoms with Crippen molar-refractivity contribution in [1.29, 1.82) is 0 Å². The lowest BCUT2D eigenvalue weighted by atomic mass is 10.2. The Morgan fingerprint density at radius 1 is 1.20 bits per heavy atom. The maximum absolute atomic E-state index is 10.6. The second-order valence-corrected chi connectivity index (χ2v) is 4.56. The molecule has 0 aliphatic carbocycles. The largest absolute Gasteiger partial charge is 0.488 e. The zero-order chi connectivity index (χ0) is 14.4. The molecule has 1 N–H and O–H groups in total. The Hall–Kier alpha value is -2.26. The fourth-order valence-electron chi connectivity index (χ4n) is 1.70. The van der Waals surface area contributed by atoms with E-state index in [4.69, 9.17) is 21.4 Å². The lowest BCUT2D eigenvalue weighted by molar-refractivity contribution is -0.131. The molecule has 0 aliphatic heterocycles. The van der Waals surface area contributed by atoms with E-state index in [9.17, 15) is 4.79 Å². The Morgan fingerprint density at radius 2 is 2.00 bits per heavy atom. The Kier molecular flexibility index (Phi) is 4.80. The van der Waals surface area contributed by atoms with Gasteiger partial charge in [0.1, 0.15) is 12.4 Å². The summed E-state index contributed by atoms with van der Waals surface area (Å²) in [5, 5.41) is 9.32. The number of hydrogen-bond donors (Lipinski definition) is 1. The van der Waals surface area contributed by atoms with Gasteiger partial charge in [-0.05, 0) is 29.8 Å². The summed E-state index contributed by atoms with van der Waals surface area (Å²) in [5.41, 5.74) is 1.67. The Balaban J connectivity index is 2.11. The Labute approximate surface area is 122 Å². The van der Waals surface area contributed by atoms with Gasteiger partial charge in [-0.1, -0.05) is 41.9 Å². The molecule has 0 unspecified atom stereocenters. The normalized spacial score (nSPS) is 10.7. The molecule has 2 aromatic rings. The van der Waals surface area contributed by atoms with Gasteiger partial charge in [-0.15, -0.1) is 0 Å². The van der Waals surface area contributed by atoms with Gasteiger partial charge in [-0.2, -0.15) is 0 Å². The van der Waals surface area contributed by atoms with Crippen molar-refractivity contribution in [3.05, 3.63) is 70.8 Å². The summed E-state index contributed by atoms with van der Waals surface area (Å²) in [6.07, 6.45) is 2.59. The van der Waals surface area contributed by atoms with Crippen LogP contribution in [0.15, 0.2) is 54.6 Å². The smallest absolute Gasteiger partial charge is 0.328 e. The molecule has 0 saturated heterocycles. The highest BCUT2D eigenvalue weighted by atomic mass is 35.5. The van der Waals surface area contributed by atoms with Gasteiger partial charge in [0, 0.05) is 16.7 Å². The maximum atomic E-state index is 10.6. The summed E-state index contributed by atoms with van der Waals surface area (Å²) in [5.74, 6) is -0.361. The van der Waals surface area contributed by atoms with Crippen LogP contribution in [0.4, 0.5) is 0 Å². The molecule has 0 bridgehead atoms. The Morgan fingerprint density at radius 3 is 2.75 bits per heavy atom. The summed E-state index contributed by atoms with van der Waals surface area (Å²) in [6.45, 7) is 0.373. The van der Waals surface area contributed by atoms with Crippen molar-refractivity contribution < 1.29 is 14.6 Å². The molecular weight excluding hydrogens is 276 g/mol. The van der Waals surface area contributed by atoms with Crippen LogP contribution in [0.5, 0.6) is 5.75 Å². The zero-order valence-corrected chi connectivity index (χ0v) is 11.4. The molecule has 0 radical (unpaired) electrons. The van der Waals surface area contributed by atoms with Crippen LogP contribution < -0.4 is 4.74 Å². The fraction of sp³-hybridized carbons (Fsp3) is 0.0625. The van der Waals surface area contributed by atoms with Crippen LogP contribution in [0.2, 0.25) is 5.02 Å². The molecule has 0 saturated carbocycles. The molecule has 0 aliphatic rings. The quantitative estimate of drug-likeness (QED) is 0.845. The van der Waals surface area contributed by atoms with Crippen LogP contribution in [0.3, 0.4) is 0 Å². The first-order chi connectivity index (χ1) is 9.65. The van der Waals surface area contributed by atoms with E-state index < -0.39 is 5.97 Å². The van der Waals surface area contributed by atoms with E-state index in [1.807, 2.05) is 30.3 Å². The molecule has 0 atom stereocenters. The molecule has 2 aromatic carbocycles. The summed E-state index contributed by atoms with van der Waals surface area (Å²) in [7, 11) is 0. The third-order valence-corrected chi connectivity index (χ3v) is 2.84. The van der Waals surface area contributed by atoms with Gasteiger partial charge in [0.15, 0.2) is 0 Å². The molecule has 102 valence electrons. The zero-order valence-electron chi connectivity index (χ0n) is 10.6. The molecule has 0 heterocycles. The number of halogens is 1. The monoisotopic (exact) mass is 288 g/mol. The average molecular weight is 289 g/mol. The van der Waals surface area contributed by atoms with Gasteiger partial charge in [-0.3, -0.25) is 0 Å². The van der Waals surface area contributed by atoms with E-state index in [2.05, 4.69) is 0 Å². The first kappa shape index (κ1) is 14.2. The molecule has 0 spiro atoms. The van der Waals surface area contributed by atoms with Crippen LogP contribution in [-0.2, 0) is 11.4 Å². The number of carbonyl (C=O) groups is 1. The minimum absolute atomic E-state index is 0.373. The topological polar surface area (TPSA) is 46.5 Å². The van der Waals surface area contributed by atoms with Gasteiger partial charge in [0.2, 0.25) is 0 Å². The summed E-state index contributed by atoms with van der Waals surface area (Å²) < 4.78 is 5.71. The van der Waals surface area contributed by atoms with Crippen LogP contribution in [0, 0.1) is 0 Å². The molecule has 0 fully saturated rings. The number of para-hydroxylation sites is 1. The number of ether oxygens (including phenoxy) is 1. The highest BCUT2D eigenvalue weighted by molar-refractivity contribution is 6.30. The number of hydrogen-bond acceptors (Lipinski definition) is 2. The third-order valence-electron chi connectivity index (χ3n) is 2.61. The second-order valence-electron chi connectivity index (χ2n) is 4.13. The molecule has 2 rings (SSSR count). The van der Waals surface area contributed by atoms with Gasteiger partial charge < -0.3 is 9.84 Å². The van der Waals surface area contributed by atoms with E-state index in [1.165, 1.54) is 6.08 Å². The van der Waals surface area contributed by atoms with Crippen molar-refractivity contribution in [3.63, 3.8) is 0 Å². The van der Waals surface area contributed by atoms with E-state index in [0.29, 0.717) is 17.4 Å². The van der Waals surface area contributed by atoms with Crippen molar-refractivity contribution in [1.82, 2.24) is 0 Å². The van der Waals surface area contributed by atoms with E-state index >= 15 is 0 Å². The van der Waals surface area contributed by atoms with Crippen molar-refractivity contribution in [2.45, 2.75) is 6.61 Å². The van der Waals surface area contributed by atoms with E-state index in [1.54, 1.807) is 18.2 Å². The van der Waals surface area contributed by atoms with Crippen LogP contribution in [-0.4, -0.2) is 11.1 Å². The summed E-state index contributed by atoms with van der Waals surface area (Å²) in [6, 6.07) is 14.7. The number of carboxylic acids is 1. The lowest BCUT2D eigenvalue weighted by Crippen LogP contribution is -1.97. The average Bonchev–Trinajstić information content (AvgIpc) is 2.44. The minimum atomic E-state index is -0.991. The SMILES string of the molecule is O=C(O)/C=C/c1ccccc1OCc1cccc(Cl)c1. The standard InChI is InChI=1S/C16H13ClO3/c17-14-6-3-4-12(10-14)11-20-15-7-2-1-5-13(15)8-9-16(18)19/h1-10H,11H2,(H,18,19)/b9-8+. The van der Waals surface area contributed by atoms with Crippen molar-refractivity contribution in [2.24, 2.45) is 0 Å². The van der Waals surface area contributed by atoms with E-state index in [-0.39, 0.29) is 0 Å². The summed E-state index contributed by atoms with van der Waals surface area (Å²) >= 11 is 5.91. The van der Waals surface area contributed by atoms with E-state index in [0.717, 1.165) is 17.2 Å². The number of aliphatic carboxylic acids is 1. The molecule has 0 aromatic heterocycles. The lowest BCUT2D eigenvalue weighted by Gasteiger charge is -2.09. The number of carboxylic acid groups (broad SMARTS) is 1. The minimum Gasteiger partial charge on any atom is -0.488 e. The highest BCUT2D eigenvalue weighted by Gasteiger charge is 2.02. The number of benzene rings is 2. The van der Waals surface area contributed by atoms with Gasteiger partial charge in [0.25, 0.3) is 0 Å². The summed E-state index contributed by atoms with van der Waals surface area (Å²) in [4.78, 5) is 10.6. The fourth-order valence-corrected chi connectivity index (χ4v) is 1.91. The third kappa shape index (κ3) is 4.14. The van der Waals surface area contributed by atoms with Gasteiger partial charge in [0.05, 0.1) is 0 Å². The molecule has 4 heteroatoms. The molecule has 0 amide bonds. The van der Waals surface area contributed by atoms with Crippen LogP contribution >= 0.6 is 11.6 Å². The maximum Gasteiger partial charge on any atom is 0.328 e. The number of rotatable bonds is 5. The van der Waals surface area contributed by atoms with Crippen molar-refractivity contribution >= 4 is 23.6 Å². The van der Waals surface area contributed by atoms with Gasteiger partial charge in [-0.25, -0.2) is 4.79 Å². The predicted octanol–water partition coefficient (Wildman–Crippen LogP) is 4.02. The van der Waals surface area contributed by atoms with Crippen molar-refractivity contribution in [3.8, 4) is 5.75 Å². The van der Waals surface area contributed by atoms with Crippen LogP contribution in [0.25, 0.3) is 6.08 Å². The molecular formula is C16H13ClO3. The first-order valence-electron chi connectivity index (χ1n) is 6.02. The second kappa shape index (κ2) is 6.78. The highest BCUT2D eigenvalue weighted by Crippen LogP contribution is 2.21. The molecule has 20 heavy (non-hydrogen) atoms. The Bertz CT molecular complexity index is 635. The first-order valence-corrected chi connectivity index (χ1v) is 6.40.